The van der Waals surface area contributed by atoms with Gasteiger partial charge in [-0.05, 0) is 30.2 Å². The van der Waals surface area contributed by atoms with E-state index in [9.17, 15) is 9.59 Å². The Balaban J connectivity index is 2.17. The number of carbonyl (C=O) groups excluding carboxylic acids is 2. The van der Waals surface area contributed by atoms with Crippen LogP contribution in [0.1, 0.15) is 35.7 Å². The van der Waals surface area contributed by atoms with E-state index in [1.54, 1.807) is 30.3 Å². The van der Waals surface area contributed by atoms with Crippen LogP contribution < -0.4 is 5.32 Å². The molecular formula is C20H21NO3. The third-order valence-corrected chi connectivity index (χ3v) is 3.35. The van der Waals surface area contributed by atoms with Crippen LogP contribution in [-0.4, -0.2) is 18.5 Å². The van der Waals surface area contributed by atoms with Crippen LogP contribution in [0.25, 0.3) is 6.08 Å². The van der Waals surface area contributed by atoms with Crippen LogP contribution >= 0.6 is 0 Å². The smallest absolute Gasteiger partial charge is 0.354 e. The number of hydrogen-bond acceptors (Lipinski definition) is 3. The second kappa shape index (κ2) is 9.30. The Morgan fingerprint density at radius 1 is 1.00 bits per heavy atom. The maximum absolute atomic E-state index is 12.3. The fraction of sp³-hybridized carbons (Fsp3) is 0.200. The fourth-order valence-electron chi connectivity index (χ4n) is 2.03. The molecule has 0 radical (unpaired) electrons. The third kappa shape index (κ3) is 5.39. The summed E-state index contributed by atoms with van der Waals surface area (Å²) in [5, 5.41) is 2.66. The lowest BCUT2D eigenvalue weighted by Crippen LogP contribution is -2.28. The van der Waals surface area contributed by atoms with Gasteiger partial charge in [-0.2, -0.15) is 0 Å². The highest BCUT2D eigenvalue weighted by molar-refractivity contribution is 6.03. The number of esters is 1. The van der Waals surface area contributed by atoms with Gasteiger partial charge in [-0.25, -0.2) is 4.79 Å². The Kier molecular flexibility index (Phi) is 6.77. The Bertz CT molecular complexity index is 693. The van der Waals surface area contributed by atoms with E-state index in [2.05, 4.69) is 5.32 Å². The first kappa shape index (κ1) is 17.5. The van der Waals surface area contributed by atoms with Crippen LogP contribution in [0.3, 0.4) is 0 Å². The van der Waals surface area contributed by atoms with Gasteiger partial charge in [0.25, 0.3) is 5.91 Å². The van der Waals surface area contributed by atoms with E-state index in [1.165, 1.54) is 0 Å². The van der Waals surface area contributed by atoms with Crippen molar-refractivity contribution in [2.24, 2.45) is 0 Å². The van der Waals surface area contributed by atoms with Gasteiger partial charge in [0.05, 0.1) is 6.61 Å². The van der Waals surface area contributed by atoms with Gasteiger partial charge in [0.15, 0.2) is 0 Å². The molecule has 0 aliphatic rings. The van der Waals surface area contributed by atoms with Crippen molar-refractivity contribution < 1.29 is 14.3 Å². The lowest BCUT2D eigenvalue weighted by atomic mass is 10.1. The molecule has 0 saturated carbocycles. The summed E-state index contributed by atoms with van der Waals surface area (Å²) in [6.07, 6.45) is 3.34. The quantitative estimate of drug-likeness (QED) is 0.479. The molecule has 1 N–H and O–H groups in total. The van der Waals surface area contributed by atoms with Crippen LogP contribution in [0.15, 0.2) is 66.4 Å². The number of ether oxygens (including phenoxy) is 1. The molecule has 2 rings (SSSR count). The van der Waals surface area contributed by atoms with E-state index in [0.717, 1.165) is 18.4 Å². The normalized spacial score (nSPS) is 11.0. The van der Waals surface area contributed by atoms with Gasteiger partial charge in [-0.3, -0.25) is 4.79 Å². The molecule has 0 unspecified atom stereocenters. The van der Waals surface area contributed by atoms with Crippen LogP contribution in [0, 0.1) is 0 Å². The summed E-state index contributed by atoms with van der Waals surface area (Å²) in [6.45, 7) is 2.36. The van der Waals surface area contributed by atoms with E-state index in [-0.39, 0.29) is 11.6 Å². The maximum atomic E-state index is 12.3. The van der Waals surface area contributed by atoms with Crippen molar-refractivity contribution in [3.05, 3.63) is 77.5 Å². The van der Waals surface area contributed by atoms with Gasteiger partial charge >= 0.3 is 5.97 Å². The number of rotatable bonds is 7. The van der Waals surface area contributed by atoms with Crippen molar-refractivity contribution in [1.29, 1.82) is 0 Å². The van der Waals surface area contributed by atoms with Gasteiger partial charge in [-0.1, -0.05) is 61.9 Å². The SMILES string of the molecule is CCCCOC(=O)C(=Cc1ccccc1)NC(=O)c1ccccc1. The van der Waals surface area contributed by atoms with Crippen LogP contribution in [-0.2, 0) is 9.53 Å². The van der Waals surface area contributed by atoms with E-state index in [0.29, 0.717) is 12.2 Å². The largest absolute Gasteiger partial charge is 0.461 e. The van der Waals surface area contributed by atoms with Crippen LogP contribution in [0.2, 0.25) is 0 Å². The summed E-state index contributed by atoms with van der Waals surface area (Å²) in [4.78, 5) is 24.6. The van der Waals surface area contributed by atoms with Crippen molar-refractivity contribution in [2.75, 3.05) is 6.61 Å². The predicted octanol–water partition coefficient (Wildman–Crippen LogP) is 3.80. The molecule has 0 fully saturated rings. The summed E-state index contributed by atoms with van der Waals surface area (Å²) in [6, 6.07) is 18.1. The maximum Gasteiger partial charge on any atom is 0.354 e. The van der Waals surface area contributed by atoms with Gasteiger partial charge in [0.1, 0.15) is 5.70 Å². The molecule has 2 aromatic carbocycles. The average Bonchev–Trinajstić information content (AvgIpc) is 2.63. The monoisotopic (exact) mass is 323 g/mol. The predicted molar refractivity (Wildman–Crippen MR) is 94.2 cm³/mol. The minimum absolute atomic E-state index is 0.131. The fourth-order valence-corrected chi connectivity index (χ4v) is 2.03. The minimum atomic E-state index is -0.531. The summed E-state index contributed by atoms with van der Waals surface area (Å²) < 4.78 is 5.23. The Morgan fingerprint density at radius 2 is 1.62 bits per heavy atom. The van der Waals surface area contributed by atoms with E-state index < -0.39 is 5.97 Å². The number of carbonyl (C=O) groups is 2. The van der Waals surface area contributed by atoms with Crippen LogP contribution in [0.5, 0.6) is 0 Å². The summed E-state index contributed by atoms with van der Waals surface area (Å²) >= 11 is 0. The highest BCUT2D eigenvalue weighted by atomic mass is 16.5. The van der Waals surface area contributed by atoms with Crippen molar-refractivity contribution in [1.82, 2.24) is 5.32 Å². The Morgan fingerprint density at radius 3 is 2.25 bits per heavy atom. The zero-order chi connectivity index (χ0) is 17.2. The Labute approximate surface area is 142 Å². The highest BCUT2D eigenvalue weighted by Gasteiger charge is 2.15. The molecule has 2 aromatic rings. The van der Waals surface area contributed by atoms with Crippen molar-refractivity contribution in [3.8, 4) is 0 Å². The number of benzene rings is 2. The van der Waals surface area contributed by atoms with Crippen molar-refractivity contribution in [3.63, 3.8) is 0 Å². The summed E-state index contributed by atoms with van der Waals surface area (Å²) in [7, 11) is 0. The van der Waals surface area contributed by atoms with E-state index in [4.69, 9.17) is 4.74 Å². The Hall–Kier alpha value is -2.88. The third-order valence-electron chi connectivity index (χ3n) is 3.35. The number of unbranched alkanes of at least 4 members (excludes halogenated alkanes) is 1. The minimum Gasteiger partial charge on any atom is -0.461 e. The lowest BCUT2D eigenvalue weighted by Gasteiger charge is -2.10. The molecular weight excluding hydrogens is 302 g/mol. The van der Waals surface area contributed by atoms with Crippen molar-refractivity contribution >= 4 is 18.0 Å². The van der Waals surface area contributed by atoms with Gasteiger partial charge in [0, 0.05) is 5.56 Å². The number of nitrogens with one attached hydrogen (secondary N) is 1. The molecule has 0 heterocycles. The molecule has 124 valence electrons. The first-order valence-corrected chi connectivity index (χ1v) is 8.01. The molecule has 0 bridgehead atoms. The second-order valence-corrected chi connectivity index (χ2v) is 5.28. The molecule has 0 aliphatic carbocycles. The average molecular weight is 323 g/mol. The van der Waals surface area contributed by atoms with Gasteiger partial charge < -0.3 is 10.1 Å². The van der Waals surface area contributed by atoms with E-state index >= 15 is 0 Å². The van der Waals surface area contributed by atoms with Crippen molar-refractivity contribution in [2.45, 2.75) is 19.8 Å². The topological polar surface area (TPSA) is 55.4 Å². The van der Waals surface area contributed by atoms with Gasteiger partial charge in [-0.15, -0.1) is 0 Å². The first-order chi connectivity index (χ1) is 11.7. The molecule has 1 amide bonds. The molecule has 0 saturated heterocycles. The summed E-state index contributed by atoms with van der Waals surface area (Å²) in [5.74, 6) is -0.873. The molecule has 0 aliphatic heterocycles. The zero-order valence-corrected chi connectivity index (χ0v) is 13.7. The zero-order valence-electron chi connectivity index (χ0n) is 13.7. The van der Waals surface area contributed by atoms with E-state index in [1.807, 2.05) is 43.3 Å². The van der Waals surface area contributed by atoms with Crippen LogP contribution in [0.4, 0.5) is 0 Å². The first-order valence-electron chi connectivity index (χ1n) is 8.01. The molecule has 24 heavy (non-hydrogen) atoms. The molecule has 0 atom stereocenters. The standard InChI is InChI=1S/C20H21NO3/c1-2-3-14-24-20(23)18(15-16-10-6-4-7-11-16)21-19(22)17-12-8-5-9-13-17/h4-13,15H,2-3,14H2,1H3,(H,21,22). The highest BCUT2D eigenvalue weighted by Crippen LogP contribution is 2.08. The van der Waals surface area contributed by atoms with Gasteiger partial charge in [0.2, 0.25) is 0 Å². The molecule has 0 spiro atoms. The molecule has 0 aromatic heterocycles. The summed E-state index contributed by atoms with van der Waals surface area (Å²) in [5.41, 5.74) is 1.43. The lowest BCUT2D eigenvalue weighted by molar-refractivity contribution is -0.139. The number of amides is 1. The second-order valence-electron chi connectivity index (χ2n) is 5.28. The molecule has 4 heteroatoms. The number of hydrogen-bond donors (Lipinski definition) is 1. The molecule has 4 nitrogen and oxygen atoms in total.